The number of carbonyl (C=O) groups is 1. The zero-order chi connectivity index (χ0) is 13.8. The fourth-order valence-electron chi connectivity index (χ4n) is 1.71. The van der Waals surface area contributed by atoms with Gasteiger partial charge in [-0.15, -0.1) is 0 Å². The van der Waals surface area contributed by atoms with E-state index in [9.17, 15) is 18.0 Å². The van der Waals surface area contributed by atoms with Gasteiger partial charge in [0.15, 0.2) is 0 Å². The van der Waals surface area contributed by atoms with Crippen LogP contribution < -0.4 is 4.90 Å². The molecule has 3 nitrogen and oxygen atoms in total. The molecule has 0 aliphatic carbocycles. The Bertz CT molecular complexity index is 418. The summed E-state index contributed by atoms with van der Waals surface area (Å²) in [5.41, 5.74) is -0.894. The third kappa shape index (κ3) is 3.65. The maximum atomic E-state index is 12.8. The highest BCUT2D eigenvalue weighted by Gasteiger charge is 2.34. The van der Waals surface area contributed by atoms with Gasteiger partial charge in [0.2, 0.25) is 0 Å². The van der Waals surface area contributed by atoms with E-state index >= 15 is 0 Å². The summed E-state index contributed by atoms with van der Waals surface area (Å²) in [4.78, 5) is 11.9. The second-order valence-corrected chi connectivity index (χ2v) is 3.83. The molecule has 0 bridgehead atoms. The van der Waals surface area contributed by atoms with Gasteiger partial charge in [0.25, 0.3) is 0 Å². The van der Waals surface area contributed by atoms with E-state index in [2.05, 4.69) is 0 Å². The molecule has 0 saturated carbocycles. The maximum Gasteiger partial charge on any atom is 0.418 e. The van der Waals surface area contributed by atoms with Gasteiger partial charge in [-0.3, -0.25) is 4.79 Å². The van der Waals surface area contributed by atoms with E-state index in [1.54, 1.807) is 6.92 Å². The van der Waals surface area contributed by atoms with Crippen LogP contribution in [0.25, 0.3) is 0 Å². The van der Waals surface area contributed by atoms with Gasteiger partial charge in [0.05, 0.1) is 5.56 Å². The van der Waals surface area contributed by atoms with Crippen LogP contribution in [0.15, 0.2) is 24.3 Å². The van der Waals surface area contributed by atoms with E-state index in [-0.39, 0.29) is 12.2 Å². The van der Waals surface area contributed by atoms with Crippen molar-refractivity contribution in [3.8, 4) is 0 Å². The molecule has 100 valence electrons. The topological polar surface area (TPSA) is 40.5 Å². The second kappa shape index (κ2) is 5.75. The van der Waals surface area contributed by atoms with Crippen molar-refractivity contribution < 1.29 is 23.1 Å². The Labute approximate surface area is 103 Å². The van der Waals surface area contributed by atoms with Crippen LogP contribution in [0.5, 0.6) is 0 Å². The fourth-order valence-corrected chi connectivity index (χ4v) is 1.71. The predicted molar refractivity (Wildman–Crippen MR) is 61.6 cm³/mol. The number of halogens is 3. The number of para-hydroxylation sites is 1. The molecule has 0 fully saturated rings. The molecule has 0 atom stereocenters. The van der Waals surface area contributed by atoms with Gasteiger partial charge in [-0.05, 0) is 18.6 Å². The molecule has 1 rings (SSSR count). The lowest BCUT2D eigenvalue weighted by Crippen LogP contribution is -2.32. The van der Waals surface area contributed by atoms with Gasteiger partial charge in [0, 0.05) is 12.2 Å². The second-order valence-electron chi connectivity index (χ2n) is 3.83. The minimum Gasteiger partial charge on any atom is -0.480 e. The van der Waals surface area contributed by atoms with Crippen molar-refractivity contribution in [3.63, 3.8) is 0 Å². The van der Waals surface area contributed by atoms with Gasteiger partial charge >= 0.3 is 12.1 Å². The number of aliphatic carboxylic acids is 1. The molecule has 18 heavy (non-hydrogen) atoms. The highest BCUT2D eigenvalue weighted by Crippen LogP contribution is 2.36. The van der Waals surface area contributed by atoms with Crippen LogP contribution in [-0.2, 0) is 11.0 Å². The number of nitrogens with zero attached hydrogens (tertiary/aromatic N) is 1. The molecule has 1 aromatic rings. The molecule has 0 radical (unpaired) electrons. The highest BCUT2D eigenvalue weighted by atomic mass is 19.4. The Morgan fingerprint density at radius 1 is 1.33 bits per heavy atom. The largest absolute Gasteiger partial charge is 0.480 e. The quantitative estimate of drug-likeness (QED) is 0.885. The van der Waals surface area contributed by atoms with E-state index in [1.165, 1.54) is 23.1 Å². The first-order valence-corrected chi connectivity index (χ1v) is 5.49. The Kier molecular flexibility index (Phi) is 4.58. The van der Waals surface area contributed by atoms with Crippen molar-refractivity contribution in [2.45, 2.75) is 19.5 Å². The fraction of sp³-hybridized carbons (Fsp3) is 0.417. The standard InChI is InChI=1S/C12H14F3NO2/c1-2-7-16(8-11(17)18)10-6-4-3-5-9(10)12(13,14)15/h3-6H,2,7-8H2,1H3,(H,17,18). The molecule has 1 aromatic carbocycles. The van der Waals surface area contributed by atoms with E-state index in [0.717, 1.165) is 6.07 Å². The molecule has 0 amide bonds. The van der Waals surface area contributed by atoms with Crippen LogP contribution in [0.2, 0.25) is 0 Å². The smallest absolute Gasteiger partial charge is 0.418 e. The summed E-state index contributed by atoms with van der Waals surface area (Å²) >= 11 is 0. The molecule has 0 saturated heterocycles. The highest BCUT2D eigenvalue weighted by molar-refractivity contribution is 5.74. The predicted octanol–water partition coefficient (Wildman–Crippen LogP) is 3.01. The number of alkyl halides is 3. The monoisotopic (exact) mass is 261 g/mol. The zero-order valence-corrected chi connectivity index (χ0v) is 9.87. The third-order valence-electron chi connectivity index (χ3n) is 2.37. The lowest BCUT2D eigenvalue weighted by atomic mass is 10.1. The number of benzene rings is 1. The Morgan fingerprint density at radius 2 is 1.94 bits per heavy atom. The van der Waals surface area contributed by atoms with Crippen molar-refractivity contribution in [1.82, 2.24) is 0 Å². The molecule has 0 spiro atoms. The van der Waals surface area contributed by atoms with Crippen molar-refractivity contribution in [2.75, 3.05) is 18.0 Å². The third-order valence-corrected chi connectivity index (χ3v) is 2.37. The number of hydrogen-bond donors (Lipinski definition) is 1. The van der Waals surface area contributed by atoms with Crippen LogP contribution in [0.3, 0.4) is 0 Å². The Balaban J connectivity index is 3.15. The average molecular weight is 261 g/mol. The molecule has 0 aliphatic rings. The SMILES string of the molecule is CCCN(CC(=O)O)c1ccccc1C(F)(F)F. The molecule has 0 aromatic heterocycles. The van der Waals surface area contributed by atoms with Gasteiger partial charge < -0.3 is 10.0 Å². The summed E-state index contributed by atoms with van der Waals surface area (Å²) in [7, 11) is 0. The van der Waals surface area contributed by atoms with E-state index in [1.807, 2.05) is 0 Å². The van der Waals surface area contributed by atoms with Gasteiger partial charge in [-0.25, -0.2) is 0 Å². The minimum absolute atomic E-state index is 0.0887. The first kappa shape index (κ1) is 14.3. The molecule has 0 unspecified atom stereocenters. The summed E-state index contributed by atoms with van der Waals surface area (Å²) < 4.78 is 38.4. The van der Waals surface area contributed by atoms with Crippen molar-refractivity contribution in [1.29, 1.82) is 0 Å². The summed E-state index contributed by atoms with van der Waals surface area (Å²) in [5, 5.41) is 8.74. The lowest BCUT2D eigenvalue weighted by Gasteiger charge is -2.25. The van der Waals surface area contributed by atoms with E-state index in [4.69, 9.17) is 5.11 Å². The van der Waals surface area contributed by atoms with Crippen LogP contribution in [0.4, 0.5) is 18.9 Å². The molecular weight excluding hydrogens is 247 g/mol. The summed E-state index contributed by atoms with van der Waals surface area (Å²) in [6.07, 6.45) is -3.92. The maximum absolute atomic E-state index is 12.8. The number of rotatable bonds is 5. The lowest BCUT2D eigenvalue weighted by molar-refractivity contribution is -0.138. The van der Waals surface area contributed by atoms with Gasteiger partial charge in [0.1, 0.15) is 6.54 Å². The van der Waals surface area contributed by atoms with Crippen LogP contribution in [0, 0.1) is 0 Å². The number of carboxylic acid groups (broad SMARTS) is 1. The Hall–Kier alpha value is -1.72. The minimum atomic E-state index is -4.49. The number of anilines is 1. The van der Waals surface area contributed by atoms with E-state index < -0.39 is 24.3 Å². The Morgan fingerprint density at radius 3 is 2.44 bits per heavy atom. The van der Waals surface area contributed by atoms with Crippen LogP contribution >= 0.6 is 0 Å². The number of hydrogen-bond acceptors (Lipinski definition) is 2. The molecular formula is C12H14F3NO2. The molecule has 0 aliphatic heterocycles. The molecule has 0 heterocycles. The first-order valence-electron chi connectivity index (χ1n) is 5.49. The van der Waals surface area contributed by atoms with Crippen LogP contribution in [0.1, 0.15) is 18.9 Å². The molecule has 1 N–H and O–H groups in total. The van der Waals surface area contributed by atoms with E-state index in [0.29, 0.717) is 6.42 Å². The van der Waals surface area contributed by atoms with Gasteiger partial charge in [-0.1, -0.05) is 19.1 Å². The van der Waals surface area contributed by atoms with Crippen molar-refractivity contribution in [2.24, 2.45) is 0 Å². The summed E-state index contributed by atoms with van der Waals surface area (Å²) in [5.74, 6) is -1.15. The van der Waals surface area contributed by atoms with Crippen molar-refractivity contribution in [3.05, 3.63) is 29.8 Å². The average Bonchev–Trinajstić information content (AvgIpc) is 2.27. The summed E-state index contributed by atoms with van der Waals surface area (Å²) in [6.45, 7) is 1.60. The normalized spacial score (nSPS) is 11.3. The first-order chi connectivity index (χ1) is 8.36. The number of carboxylic acids is 1. The van der Waals surface area contributed by atoms with Crippen LogP contribution in [-0.4, -0.2) is 24.2 Å². The summed E-state index contributed by atoms with van der Waals surface area (Å²) in [6, 6.07) is 5.01. The zero-order valence-electron chi connectivity index (χ0n) is 9.87. The molecule has 6 heteroatoms. The van der Waals surface area contributed by atoms with Gasteiger partial charge in [-0.2, -0.15) is 13.2 Å². The van der Waals surface area contributed by atoms with Crippen molar-refractivity contribution >= 4 is 11.7 Å².